The van der Waals surface area contributed by atoms with Gasteiger partial charge in [0.05, 0.1) is 53.5 Å². The Bertz CT molecular complexity index is 1310. The monoisotopic (exact) mass is 497 g/mol. The highest BCUT2D eigenvalue weighted by molar-refractivity contribution is 6.00. The second kappa shape index (κ2) is 7.80. The molecule has 0 unspecified atom stereocenters. The van der Waals surface area contributed by atoms with Gasteiger partial charge in [0.2, 0.25) is 5.91 Å². The zero-order valence-electron chi connectivity index (χ0n) is 19.2. The van der Waals surface area contributed by atoms with Crippen LogP contribution >= 0.6 is 0 Å². The van der Waals surface area contributed by atoms with Crippen LogP contribution in [0.2, 0.25) is 0 Å². The van der Waals surface area contributed by atoms with Gasteiger partial charge >= 0.3 is 6.18 Å². The molecule has 7 nitrogen and oxygen atoms in total. The SMILES string of the molecule is C[C@@]12C=C(NOCc3ccccc3)[C@]3(CCO[C@H]4[C@@H]3[C@@H]1C(=O)N4c1ccc(C#N)c(C(F)(F)F)c1)O2. The number of halogens is 3. The molecule has 4 heterocycles. The van der Waals surface area contributed by atoms with Crippen molar-refractivity contribution in [2.45, 2.75) is 43.6 Å². The normalized spacial score (nSPS) is 32.3. The molecule has 4 aliphatic rings. The third kappa shape index (κ3) is 3.20. The van der Waals surface area contributed by atoms with Gasteiger partial charge < -0.3 is 9.47 Å². The number of carbonyl (C=O) groups is 1. The molecule has 0 aliphatic carbocycles. The van der Waals surface area contributed by atoms with E-state index in [2.05, 4.69) is 5.48 Å². The van der Waals surface area contributed by atoms with E-state index >= 15 is 0 Å². The number of hydrogen-bond acceptors (Lipinski definition) is 6. The second-order valence-corrected chi connectivity index (χ2v) is 9.67. The highest BCUT2D eigenvalue weighted by Gasteiger charge is 2.76. The molecule has 36 heavy (non-hydrogen) atoms. The van der Waals surface area contributed by atoms with Crippen molar-refractivity contribution >= 4 is 11.6 Å². The summed E-state index contributed by atoms with van der Waals surface area (Å²) < 4.78 is 53.4. The van der Waals surface area contributed by atoms with Gasteiger partial charge in [-0.2, -0.15) is 18.4 Å². The standard InChI is InChI=1S/C26H22F3N3O4/c1-24-12-19(31-35-14-15-5-3-2-4-6-15)25(36-24)9-10-34-23-21(25)20(24)22(33)32(23)17-8-7-16(13-30)18(11-17)26(27,28)29/h2-8,11-12,20-21,23,31H,9-10,14H2,1H3/t20-,21+,23+,24-,25+/m1/s1. The fourth-order valence-electron chi connectivity index (χ4n) is 6.18. The quantitative estimate of drug-likeness (QED) is 0.628. The maximum atomic E-state index is 13.7. The number of rotatable bonds is 5. The summed E-state index contributed by atoms with van der Waals surface area (Å²) in [4.78, 5) is 20.7. The lowest BCUT2D eigenvalue weighted by Gasteiger charge is -2.43. The Morgan fingerprint density at radius 2 is 2.03 bits per heavy atom. The van der Waals surface area contributed by atoms with E-state index in [0.717, 1.165) is 17.7 Å². The van der Waals surface area contributed by atoms with Crippen LogP contribution in [0.3, 0.4) is 0 Å². The summed E-state index contributed by atoms with van der Waals surface area (Å²) in [5.41, 5.74) is 1.29. The molecule has 1 amide bonds. The van der Waals surface area contributed by atoms with Crippen molar-refractivity contribution in [3.05, 3.63) is 77.0 Å². The molecule has 3 fully saturated rings. The summed E-state index contributed by atoms with van der Waals surface area (Å²) in [5.74, 6) is -1.44. The largest absolute Gasteiger partial charge is 0.417 e. The molecule has 2 aromatic rings. The summed E-state index contributed by atoms with van der Waals surface area (Å²) in [6, 6.07) is 14.5. The van der Waals surface area contributed by atoms with E-state index in [0.29, 0.717) is 18.7 Å². The van der Waals surface area contributed by atoms with E-state index in [1.54, 1.807) is 6.07 Å². The van der Waals surface area contributed by atoms with Crippen molar-refractivity contribution in [1.29, 1.82) is 5.26 Å². The minimum atomic E-state index is -4.74. The summed E-state index contributed by atoms with van der Waals surface area (Å²) >= 11 is 0. The van der Waals surface area contributed by atoms with Crippen LogP contribution in [0.5, 0.6) is 0 Å². The van der Waals surface area contributed by atoms with E-state index in [9.17, 15) is 18.0 Å². The van der Waals surface area contributed by atoms with Crippen molar-refractivity contribution in [2.24, 2.45) is 11.8 Å². The third-order valence-corrected chi connectivity index (χ3v) is 7.60. The van der Waals surface area contributed by atoms with Crippen LogP contribution in [0, 0.1) is 23.2 Å². The van der Waals surface area contributed by atoms with Crippen molar-refractivity contribution in [2.75, 3.05) is 11.5 Å². The predicted octanol–water partition coefficient (Wildman–Crippen LogP) is 4.05. The lowest BCUT2D eigenvalue weighted by Crippen LogP contribution is -2.54. The first kappa shape index (κ1) is 23.0. The maximum absolute atomic E-state index is 13.7. The van der Waals surface area contributed by atoms with Crippen molar-refractivity contribution in [3.8, 4) is 6.07 Å². The van der Waals surface area contributed by atoms with Gasteiger partial charge in [-0.05, 0) is 36.8 Å². The van der Waals surface area contributed by atoms with Gasteiger partial charge in [-0.25, -0.2) is 0 Å². The first-order valence-corrected chi connectivity index (χ1v) is 11.6. The van der Waals surface area contributed by atoms with Gasteiger partial charge in [0.1, 0.15) is 11.8 Å². The van der Waals surface area contributed by atoms with Crippen LogP contribution in [-0.4, -0.2) is 29.9 Å². The summed E-state index contributed by atoms with van der Waals surface area (Å²) in [7, 11) is 0. The number of alkyl halides is 3. The van der Waals surface area contributed by atoms with Gasteiger partial charge in [0, 0.05) is 12.1 Å². The second-order valence-electron chi connectivity index (χ2n) is 9.67. The Morgan fingerprint density at radius 3 is 2.75 bits per heavy atom. The van der Waals surface area contributed by atoms with Crippen molar-refractivity contribution in [3.63, 3.8) is 0 Å². The molecule has 3 saturated heterocycles. The minimum Gasteiger partial charge on any atom is -0.357 e. The van der Waals surface area contributed by atoms with Crippen LogP contribution in [0.1, 0.15) is 30.0 Å². The van der Waals surface area contributed by atoms with Crippen LogP contribution in [0.25, 0.3) is 0 Å². The molecule has 1 N–H and O–H groups in total. The Morgan fingerprint density at radius 1 is 1.25 bits per heavy atom. The molecular weight excluding hydrogens is 475 g/mol. The molecule has 186 valence electrons. The molecule has 5 atom stereocenters. The fraction of sp³-hybridized carbons (Fsp3) is 0.385. The Labute approximate surface area is 205 Å². The molecule has 4 aliphatic heterocycles. The number of hydrogen-bond donors (Lipinski definition) is 1. The summed E-state index contributed by atoms with van der Waals surface area (Å²) in [6.07, 6.45) is -3.23. The number of fused-ring (bicyclic) bond motifs is 2. The number of carbonyl (C=O) groups excluding carboxylic acids is 1. The van der Waals surface area contributed by atoms with Gasteiger partial charge in [-0.3, -0.25) is 20.0 Å². The Hall–Kier alpha value is -3.39. The highest BCUT2D eigenvalue weighted by Crippen LogP contribution is 2.64. The van der Waals surface area contributed by atoms with Gasteiger partial charge in [-0.15, -0.1) is 0 Å². The van der Waals surface area contributed by atoms with Crippen LogP contribution in [0.15, 0.2) is 60.3 Å². The Balaban J connectivity index is 1.32. The van der Waals surface area contributed by atoms with Crippen molar-refractivity contribution in [1.82, 2.24) is 5.48 Å². The molecule has 0 aromatic heterocycles. The van der Waals surface area contributed by atoms with Crippen molar-refractivity contribution < 1.29 is 32.3 Å². The topological polar surface area (TPSA) is 83.8 Å². The molecule has 6 rings (SSSR count). The first-order chi connectivity index (χ1) is 17.2. The summed E-state index contributed by atoms with van der Waals surface area (Å²) in [5, 5.41) is 9.15. The number of ether oxygens (including phenoxy) is 2. The number of hydroxylamine groups is 1. The van der Waals surface area contributed by atoms with E-state index < -0.39 is 46.6 Å². The predicted molar refractivity (Wildman–Crippen MR) is 120 cm³/mol. The van der Waals surface area contributed by atoms with Gasteiger partial charge in [0.25, 0.3) is 0 Å². The molecular formula is C26H22F3N3O4. The highest BCUT2D eigenvalue weighted by atomic mass is 19.4. The maximum Gasteiger partial charge on any atom is 0.417 e. The number of nitrogens with zero attached hydrogens (tertiary/aromatic N) is 2. The average Bonchev–Trinajstić information content (AvgIpc) is 3.42. The van der Waals surface area contributed by atoms with E-state index in [-0.39, 0.29) is 18.2 Å². The summed E-state index contributed by atoms with van der Waals surface area (Å²) in [6.45, 7) is 2.37. The molecule has 2 aromatic carbocycles. The number of nitriles is 1. The molecule has 10 heteroatoms. The number of anilines is 1. The van der Waals surface area contributed by atoms with Crippen LogP contribution in [0.4, 0.5) is 18.9 Å². The Kier molecular flexibility index (Phi) is 4.99. The molecule has 1 spiro atoms. The lowest BCUT2D eigenvalue weighted by molar-refractivity contribution is -0.140. The first-order valence-electron chi connectivity index (χ1n) is 11.6. The van der Waals surface area contributed by atoms with Gasteiger partial charge in [-0.1, -0.05) is 30.3 Å². The average molecular weight is 497 g/mol. The number of amides is 1. The minimum absolute atomic E-state index is 0.0422. The zero-order chi connectivity index (χ0) is 25.3. The number of benzene rings is 2. The van der Waals surface area contributed by atoms with Crippen LogP contribution < -0.4 is 10.4 Å². The van der Waals surface area contributed by atoms with Gasteiger partial charge in [0.15, 0.2) is 0 Å². The third-order valence-electron chi connectivity index (χ3n) is 7.60. The molecule has 0 saturated carbocycles. The molecule has 2 bridgehead atoms. The van der Waals surface area contributed by atoms with Crippen LogP contribution in [-0.2, 0) is 31.9 Å². The number of nitrogens with one attached hydrogen (secondary N) is 1. The smallest absolute Gasteiger partial charge is 0.357 e. The fourth-order valence-corrected chi connectivity index (χ4v) is 6.18. The lowest BCUT2D eigenvalue weighted by atomic mass is 9.68. The van der Waals surface area contributed by atoms with E-state index in [1.807, 2.05) is 43.3 Å². The zero-order valence-corrected chi connectivity index (χ0v) is 19.2. The van der Waals surface area contributed by atoms with E-state index in [4.69, 9.17) is 19.6 Å². The molecule has 0 radical (unpaired) electrons. The van der Waals surface area contributed by atoms with E-state index in [1.165, 1.54) is 11.0 Å².